The summed E-state index contributed by atoms with van der Waals surface area (Å²) in [6.07, 6.45) is 3.73. The molecule has 1 unspecified atom stereocenters. The molecule has 0 spiro atoms. The van der Waals surface area contributed by atoms with Crippen molar-refractivity contribution in [1.82, 2.24) is 25.0 Å². The van der Waals surface area contributed by atoms with Gasteiger partial charge < -0.3 is 15.0 Å². The Hall–Kier alpha value is -1.98. The Bertz CT molecular complexity index is 927. The fraction of sp³-hybridized carbons (Fsp3) is 0.381. The maximum absolute atomic E-state index is 5.36. The first-order valence-electron chi connectivity index (χ1n) is 9.66. The lowest BCUT2D eigenvalue weighted by Crippen LogP contribution is -2.38. The van der Waals surface area contributed by atoms with E-state index in [0.29, 0.717) is 13.1 Å². The zero-order valence-electron chi connectivity index (χ0n) is 17.8. The normalized spacial score (nSPS) is 12.3. The molecule has 0 aliphatic rings. The van der Waals surface area contributed by atoms with Crippen LogP contribution in [-0.4, -0.2) is 46.3 Å². The van der Waals surface area contributed by atoms with Gasteiger partial charge in [-0.25, -0.2) is 14.7 Å². The maximum atomic E-state index is 5.36. The highest BCUT2D eigenvalue weighted by Crippen LogP contribution is 2.21. The van der Waals surface area contributed by atoms with Crippen LogP contribution < -0.4 is 5.32 Å². The molecule has 1 aromatic carbocycles. The molecule has 2 heterocycles. The van der Waals surface area contributed by atoms with Gasteiger partial charge in [0.15, 0.2) is 5.96 Å². The molecule has 9 heteroatoms. The average Bonchev–Trinajstić information content (AvgIpc) is 3.43. The molecule has 0 fully saturated rings. The van der Waals surface area contributed by atoms with Crippen molar-refractivity contribution >= 4 is 41.3 Å². The fourth-order valence-corrected chi connectivity index (χ4v) is 3.70. The van der Waals surface area contributed by atoms with Crippen LogP contribution in [0.5, 0.6) is 0 Å². The van der Waals surface area contributed by atoms with Crippen molar-refractivity contribution < 1.29 is 4.74 Å². The van der Waals surface area contributed by atoms with E-state index >= 15 is 0 Å². The van der Waals surface area contributed by atoms with Crippen LogP contribution in [0.1, 0.15) is 36.2 Å². The predicted octanol–water partition coefficient (Wildman–Crippen LogP) is 4.25. The van der Waals surface area contributed by atoms with Gasteiger partial charge in [-0.1, -0.05) is 12.1 Å². The molecule has 0 radical (unpaired) electrons. The van der Waals surface area contributed by atoms with Crippen molar-refractivity contribution in [3.63, 3.8) is 0 Å². The molecule has 3 aromatic rings. The molecule has 0 aliphatic carbocycles. The van der Waals surface area contributed by atoms with E-state index in [4.69, 9.17) is 9.73 Å². The highest BCUT2D eigenvalue weighted by Gasteiger charge is 2.12. The predicted molar refractivity (Wildman–Crippen MR) is 133 cm³/mol. The lowest BCUT2D eigenvalue weighted by atomic mass is 10.2. The number of benzene rings is 1. The van der Waals surface area contributed by atoms with Gasteiger partial charge >= 0.3 is 0 Å². The Labute approximate surface area is 199 Å². The van der Waals surface area contributed by atoms with Crippen LogP contribution in [0.25, 0.3) is 5.69 Å². The van der Waals surface area contributed by atoms with E-state index in [1.807, 2.05) is 43.0 Å². The molecule has 0 saturated heterocycles. The van der Waals surface area contributed by atoms with Crippen LogP contribution in [0.4, 0.5) is 0 Å². The largest absolute Gasteiger partial charge is 0.375 e. The second kappa shape index (κ2) is 12.0. The number of aromatic nitrogens is 3. The van der Waals surface area contributed by atoms with Gasteiger partial charge in [0, 0.05) is 38.5 Å². The summed E-state index contributed by atoms with van der Waals surface area (Å²) in [4.78, 5) is 11.6. The van der Waals surface area contributed by atoms with Crippen molar-refractivity contribution in [2.45, 2.75) is 33.0 Å². The van der Waals surface area contributed by atoms with E-state index in [1.54, 1.807) is 24.6 Å². The lowest BCUT2D eigenvalue weighted by Gasteiger charge is -2.21. The molecule has 1 N–H and O–H groups in total. The van der Waals surface area contributed by atoms with Crippen molar-refractivity contribution in [2.75, 3.05) is 20.7 Å². The van der Waals surface area contributed by atoms with Gasteiger partial charge in [-0.2, -0.15) is 5.10 Å². The number of thiazole rings is 1. The van der Waals surface area contributed by atoms with Crippen LogP contribution >= 0.6 is 35.3 Å². The Morgan fingerprint density at radius 2 is 2.20 bits per heavy atom. The molecular weight excluding hydrogens is 511 g/mol. The number of ether oxygens (including phenoxy) is 1. The van der Waals surface area contributed by atoms with Gasteiger partial charge in [0.2, 0.25) is 0 Å². The first kappa shape index (κ1) is 24.3. The number of guanidine groups is 1. The molecule has 0 bridgehead atoms. The van der Waals surface area contributed by atoms with Crippen LogP contribution in [0.15, 0.2) is 53.1 Å². The SMILES string of the molecule is CCNC(=NCc1cccc(-n2cccn2)c1)N(C)Cc1csc(C(C)OC)n1.I. The van der Waals surface area contributed by atoms with Crippen LogP contribution in [0.2, 0.25) is 0 Å². The minimum atomic E-state index is 0. The van der Waals surface area contributed by atoms with E-state index in [0.717, 1.165) is 34.5 Å². The first-order chi connectivity index (χ1) is 14.1. The Morgan fingerprint density at radius 3 is 2.90 bits per heavy atom. The number of hydrogen-bond acceptors (Lipinski definition) is 5. The molecule has 2 aromatic heterocycles. The van der Waals surface area contributed by atoms with Gasteiger partial charge in [-0.05, 0) is 37.6 Å². The summed E-state index contributed by atoms with van der Waals surface area (Å²) >= 11 is 1.63. The van der Waals surface area contributed by atoms with Crippen molar-refractivity contribution in [1.29, 1.82) is 0 Å². The number of rotatable bonds is 8. The number of aliphatic imine (C=N–C) groups is 1. The van der Waals surface area contributed by atoms with Crippen LogP contribution in [0, 0.1) is 0 Å². The number of halogens is 1. The number of nitrogens with zero attached hydrogens (tertiary/aromatic N) is 5. The van der Waals surface area contributed by atoms with E-state index in [1.165, 1.54) is 0 Å². The zero-order chi connectivity index (χ0) is 20.6. The summed E-state index contributed by atoms with van der Waals surface area (Å²) in [5, 5.41) is 10.7. The molecule has 0 amide bonds. The topological polar surface area (TPSA) is 67.6 Å². The molecule has 162 valence electrons. The highest BCUT2D eigenvalue weighted by molar-refractivity contribution is 14.0. The molecule has 30 heavy (non-hydrogen) atoms. The number of methoxy groups -OCH3 is 1. The van der Waals surface area contributed by atoms with Gasteiger partial charge in [-0.15, -0.1) is 35.3 Å². The molecule has 3 rings (SSSR count). The summed E-state index contributed by atoms with van der Waals surface area (Å²) in [6.45, 7) is 6.16. The number of hydrogen-bond donors (Lipinski definition) is 1. The summed E-state index contributed by atoms with van der Waals surface area (Å²) < 4.78 is 7.21. The standard InChI is InChI=1S/C21H28N6OS.HI/c1-5-22-21(26(3)14-18-15-29-20(25-18)16(2)28-4)23-13-17-8-6-9-19(12-17)27-11-7-10-24-27;/h6-12,15-16H,5,13-14H2,1-4H3,(H,22,23);1H. The average molecular weight is 540 g/mol. The minimum absolute atomic E-state index is 0. The van der Waals surface area contributed by atoms with Gasteiger partial charge in [-0.3, -0.25) is 0 Å². The maximum Gasteiger partial charge on any atom is 0.194 e. The summed E-state index contributed by atoms with van der Waals surface area (Å²) in [5.74, 6) is 0.853. The molecular formula is C21H29IN6OS. The van der Waals surface area contributed by atoms with Gasteiger partial charge in [0.05, 0.1) is 24.5 Å². The van der Waals surface area contributed by atoms with E-state index in [9.17, 15) is 0 Å². The highest BCUT2D eigenvalue weighted by atomic mass is 127. The fourth-order valence-electron chi connectivity index (χ4n) is 2.86. The Balaban J connectivity index is 0.00000320. The van der Waals surface area contributed by atoms with E-state index in [-0.39, 0.29) is 30.1 Å². The lowest BCUT2D eigenvalue weighted by molar-refractivity contribution is 0.119. The smallest absolute Gasteiger partial charge is 0.194 e. The summed E-state index contributed by atoms with van der Waals surface area (Å²) in [7, 11) is 3.73. The Kier molecular flexibility index (Phi) is 9.73. The monoisotopic (exact) mass is 540 g/mol. The Morgan fingerprint density at radius 1 is 1.37 bits per heavy atom. The van der Waals surface area contributed by atoms with Crippen LogP contribution in [0.3, 0.4) is 0 Å². The van der Waals surface area contributed by atoms with Crippen LogP contribution in [-0.2, 0) is 17.8 Å². The van der Waals surface area contributed by atoms with Gasteiger partial charge in [0.1, 0.15) is 11.1 Å². The second-order valence-electron chi connectivity index (χ2n) is 6.70. The van der Waals surface area contributed by atoms with Crippen molar-refractivity contribution in [3.05, 3.63) is 64.4 Å². The first-order valence-corrected chi connectivity index (χ1v) is 10.5. The minimum Gasteiger partial charge on any atom is -0.375 e. The van der Waals surface area contributed by atoms with E-state index in [2.05, 4.69) is 44.7 Å². The van der Waals surface area contributed by atoms with E-state index < -0.39 is 0 Å². The summed E-state index contributed by atoms with van der Waals surface area (Å²) in [6, 6.07) is 10.2. The third-order valence-corrected chi connectivity index (χ3v) is 5.51. The molecule has 0 aliphatic heterocycles. The molecule has 1 atom stereocenters. The van der Waals surface area contributed by atoms with Gasteiger partial charge in [0.25, 0.3) is 0 Å². The number of nitrogens with one attached hydrogen (secondary N) is 1. The third kappa shape index (κ3) is 6.51. The quantitative estimate of drug-likeness (QED) is 0.263. The second-order valence-corrected chi connectivity index (χ2v) is 7.59. The molecule has 0 saturated carbocycles. The third-order valence-electron chi connectivity index (χ3n) is 4.46. The zero-order valence-corrected chi connectivity index (χ0v) is 20.9. The summed E-state index contributed by atoms with van der Waals surface area (Å²) in [5.41, 5.74) is 3.18. The van der Waals surface area contributed by atoms with Crippen molar-refractivity contribution in [3.8, 4) is 5.69 Å². The van der Waals surface area contributed by atoms with Crippen molar-refractivity contribution in [2.24, 2.45) is 4.99 Å². The molecule has 7 nitrogen and oxygen atoms in total.